The lowest BCUT2D eigenvalue weighted by molar-refractivity contribution is 0.132. The van der Waals surface area contributed by atoms with Gasteiger partial charge in [0, 0.05) is 6.61 Å². The van der Waals surface area contributed by atoms with Crippen LogP contribution in [0.15, 0.2) is 0 Å². The van der Waals surface area contributed by atoms with Gasteiger partial charge < -0.3 is 10.2 Å². The minimum atomic E-state index is -0.141. The zero-order chi connectivity index (χ0) is 14.9. The van der Waals surface area contributed by atoms with Crippen LogP contribution in [0.3, 0.4) is 0 Å². The summed E-state index contributed by atoms with van der Waals surface area (Å²) in [5.41, 5.74) is 0.626. The average molecular weight is 272 g/mol. The molecule has 0 aromatic carbocycles. The van der Waals surface area contributed by atoms with Gasteiger partial charge in [-0.05, 0) is 42.9 Å². The third kappa shape index (κ3) is 10.4. The molecule has 0 bridgehead atoms. The molecule has 2 heteroatoms. The smallest absolute Gasteiger partial charge is 0.0540 e. The summed E-state index contributed by atoms with van der Waals surface area (Å²) in [6, 6.07) is 0. The van der Waals surface area contributed by atoms with Gasteiger partial charge in [-0.1, -0.05) is 53.9 Å². The van der Waals surface area contributed by atoms with E-state index < -0.39 is 0 Å². The highest BCUT2D eigenvalue weighted by Crippen LogP contribution is 2.29. The fourth-order valence-electron chi connectivity index (χ4n) is 2.38. The highest BCUT2D eigenvalue weighted by Gasteiger charge is 2.18. The molecule has 0 aliphatic rings. The van der Waals surface area contributed by atoms with Gasteiger partial charge in [0.15, 0.2) is 0 Å². The Morgan fingerprint density at radius 2 is 1.32 bits per heavy atom. The Morgan fingerprint density at radius 3 is 1.74 bits per heavy atom. The fourth-order valence-corrected chi connectivity index (χ4v) is 2.38. The summed E-state index contributed by atoms with van der Waals surface area (Å²) in [6.45, 7) is 11.5. The van der Waals surface area contributed by atoms with E-state index in [-0.39, 0.29) is 18.1 Å². The molecule has 116 valence electrons. The molecular weight excluding hydrogens is 236 g/mol. The second-order valence-corrected chi connectivity index (χ2v) is 7.59. The molecule has 0 saturated carbocycles. The van der Waals surface area contributed by atoms with E-state index in [4.69, 9.17) is 5.11 Å². The van der Waals surface area contributed by atoms with Crippen molar-refractivity contribution in [2.75, 3.05) is 6.61 Å². The number of hydrogen-bond donors (Lipinski definition) is 2. The van der Waals surface area contributed by atoms with Crippen LogP contribution in [0.1, 0.15) is 86.0 Å². The highest BCUT2D eigenvalue weighted by atomic mass is 16.3. The average Bonchev–Trinajstić information content (AvgIpc) is 2.28. The van der Waals surface area contributed by atoms with Crippen LogP contribution in [0.5, 0.6) is 0 Å². The van der Waals surface area contributed by atoms with Gasteiger partial charge in [0.1, 0.15) is 0 Å². The van der Waals surface area contributed by atoms with Crippen LogP contribution in [-0.4, -0.2) is 22.9 Å². The molecule has 0 amide bonds. The van der Waals surface area contributed by atoms with Gasteiger partial charge >= 0.3 is 0 Å². The van der Waals surface area contributed by atoms with Crippen LogP contribution in [0.4, 0.5) is 0 Å². The first-order chi connectivity index (χ1) is 8.72. The quantitative estimate of drug-likeness (QED) is 0.580. The van der Waals surface area contributed by atoms with E-state index in [2.05, 4.69) is 34.6 Å². The summed E-state index contributed by atoms with van der Waals surface area (Å²) in [7, 11) is 0. The van der Waals surface area contributed by atoms with Crippen LogP contribution in [0.25, 0.3) is 0 Å². The van der Waals surface area contributed by atoms with Crippen LogP contribution in [-0.2, 0) is 0 Å². The first-order valence-electron chi connectivity index (χ1n) is 8.01. The summed E-state index contributed by atoms with van der Waals surface area (Å²) in [5.74, 6) is 0. The standard InChI is InChI=1S/C17H36O2/c1-6-16(2,3)11-7-9-15(19)10-8-12-17(4,5)13-14-18/h15,18-19H,6-14H2,1-5H3. The molecule has 0 aromatic rings. The van der Waals surface area contributed by atoms with Crippen LogP contribution >= 0.6 is 0 Å². The Morgan fingerprint density at radius 1 is 0.842 bits per heavy atom. The van der Waals surface area contributed by atoms with Crippen LogP contribution in [0, 0.1) is 10.8 Å². The molecule has 0 saturated heterocycles. The van der Waals surface area contributed by atoms with Crippen LogP contribution < -0.4 is 0 Å². The van der Waals surface area contributed by atoms with Crippen molar-refractivity contribution in [1.82, 2.24) is 0 Å². The molecule has 0 aliphatic carbocycles. The summed E-state index contributed by atoms with van der Waals surface area (Å²) in [5, 5.41) is 19.0. The predicted molar refractivity (Wildman–Crippen MR) is 83.3 cm³/mol. The number of aliphatic hydroxyl groups is 2. The second-order valence-electron chi connectivity index (χ2n) is 7.59. The van der Waals surface area contributed by atoms with Crippen molar-refractivity contribution in [3.8, 4) is 0 Å². The predicted octanol–water partition coefficient (Wildman–Crippen LogP) is 4.53. The Kier molecular flexibility index (Phi) is 8.93. The first kappa shape index (κ1) is 18.9. The van der Waals surface area contributed by atoms with E-state index in [1.807, 2.05) is 0 Å². The number of hydrogen-bond acceptors (Lipinski definition) is 2. The lowest BCUT2D eigenvalue weighted by Gasteiger charge is -2.25. The normalized spacial score (nSPS) is 14.7. The Balaban J connectivity index is 3.68. The third-order valence-corrected chi connectivity index (χ3v) is 4.53. The van der Waals surface area contributed by atoms with Crippen molar-refractivity contribution >= 4 is 0 Å². The van der Waals surface area contributed by atoms with Crippen molar-refractivity contribution in [2.24, 2.45) is 10.8 Å². The minimum absolute atomic E-state index is 0.141. The maximum atomic E-state index is 10.00. The third-order valence-electron chi connectivity index (χ3n) is 4.53. The molecule has 0 radical (unpaired) electrons. The van der Waals surface area contributed by atoms with Gasteiger partial charge in [0.05, 0.1) is 6.10 Å². The second kappa shape index (κ2) is 8.97. The molecule has 0 spiro atoms. The molecule has 2 nitrogen and oxygen atoms in total. The zero-order valence-electron chi connectivity index (χ0n) is 13.8. The molecule has 1 atom stereocenters. The molecule has 0 aliphatic heterocycles. The van der Waals surface area contributed by atoms with Gasteiger partial charge in [-0.3, -0.25) is 0 Å². The summed E-state index contributed by atoms with van der Waals surface area (Å²) >= 11 is 0. The van der Waals surface area contributed by atoms with E-state index in [9.17, 15) is 5.11 Å². The van der Waals surface area contributed by atoms with Gasteiger partial charge in [-0.25, -0.2) is 0 Å². The van der Waals surface area contributed by atoms with Gasteiger partial charge in [-0.2, -0.15) is 0 Å². The van der Waals surface area contributed by atoms with Crippen LogP contribution in [0.2, 0.25) is 0 Å². The largest absolute Gasteiger partial charge is 0.396 e. The summed E-state index contributed by atoms with van der Waals surface area (Å²) < 4.78 is 0. The molecule has 0 aromatic heterocycles. The number of aliphatic hydroxyl groups excluding tert-OH is 2. The van der Waals surface area contributed by atoms with Gasteiger partial charge in [0.2, 0.25) is 0 Å². The van der Waals surface area contributed by atoms with E-state index >= 15 is 0 Å². The minimum Gasteiger partial charge on any atom is -0.396 e. The lowest BCUT2D eigenvalue weighted by atomic mass is 9.82. The Bertz CT molecular complexity index is 221. The van der Waals surface area contributed by atoms with E-state index in [1.54, 1.807) is 0 Å². The number of rotatable bonds is 11. The summed E-state index contributed by atoms with van der Waals surface area (Å²) in [6.07, 6.45) is 8.24. The fraction of sp³-hybridized carbons (Fsp3) is 1.00. The Hall–Kier alpha value is -0.0800. The van der Waals surface area contributed by atoms with Gasteiger partial charge in [0.25, 0.3) is 0 Å². The van der Waals surface area contributed by atoms with Crippen molar-refractivity contribution in [3.05, 3.63) is 0 Å². The Labute approximate surface area is 120 Å². The molecular formula is C17H36O2. The molecule has 19 heavy (non-hydrogen) atoms. The first-order valence-corrected chi connectivity index (χ1v) is 8.01. The van der Waals surface area contributed by atoms with E-state index in [0.717, 1.165) is 38.5 Å². The highest BCUT2D eigenvalue weighted by molar-refractivity contribution is 4.70. The lowest BCUT2D eigenvalue weighted by Crippen LogP contribution is -2.15. The molecule has 2 N–H and O–H groups in total. The monoisotopic (exact) mass is 272 g/mol. The molecule has 1 unspecified atom stereocenters. The van der Waals surface area contributed by atoms with E-state index in [0.29, 0.717) is 5.41 Å². The van der Waals surface area contributed by atoms with Crippen molar-refractivity contribution in [2.45, 2.75) is 92.1 Å². The molecule has 0 rings (SSSR count). The topological polar surface area (TPSA) is 40.5 Å². The van der Waals surface area contributed by atoms with Crippen molar-refractivity contribution < 1.29 is 10.2 Å². The van der Waals surface area contributed by atoms with Crippen molar-refractivity contribution in [1.29, 1.82) is 0 Å². The van der Waals surface area contributed by atoms with E-state index in [1.165, 1.54) is 12.8 Å². The molecule has 0 fully saturated rings. The molecule has 0 heterocycles. The maximum absolute atomic E-state index is 10.00. The van der Waals surface area contributed by atoms with Gasteiger partial charge in [-0.15, -0.1) is 0 Å². The maximum Gasteiger partial charge on any atom is 0.0540 e. The summed E-state index contributed by atoms with van der Waals surface area (Å²) in [4.78, 5) is 0. The zero-order valence-corrected chi connectivity index (χ0v) is 13.8. The van der Waals surface area contributed by atoms with Crippen molar-refractivity contribution in [3.63, 3.8) is 0 Å². The SMILES string of the molecule is CCC(C)(C)CCCC(O)CCCC(C)(C)CCO.